The minimum absolute atomic E-state index is 0.00308. The van der Waals surface area contributed by atoms with Crippen LogP contribution in [0.25, 0.3) is 11.6 Å². The Morgan fingerprint density at radius 3 is 2.11 bits per heavy atom. The Morgan fingerprint density at radius 2 is 1.50 bits per heavy atom. The maximum absolute atomic E-state index is 13.2. The van der Waals surface area contributed by atoms with Gasteiger partial charge in [0.15, 0.2) is 0 Å². The summed E-state index contributed by atoms with van der Waals surface area (Å²) in [4.78, 5) is 3.78. The molecule has 0 radical (unpaired) electrons. The van der Waals surface area contributed by atoms with Gasteiger partial charge in [-0.3, -0.25) is 0 Å². The Balaban J connectivity index is 1.92. The minimum Gasteiger partial charge on any atom is -0.365 e. The molecule has 1 heterocycles. The van der Waals surface area contributed by atoms with Crippen molar-refractivity contribution in [2.24, 2.45) is 0 Å². The van der Waals surface area contributed by atoms with Crippen LogP contribution in [0.5, 0.6) is 0 Å². The quantitative estimate of drug-likeness (QED) is 0.425. The summed E-state index contributed by atoms with van der Waals surface area (Å²) in [5.41, 5.74) is 0.975. The molecular formula is C21H15F5N2. The number of alkyl halides is 3. The van der Waals surface area contributed by atoms with Gasteiger partial charge in [-0.05, 0) is 59.2 Å². The van der Waals surface area contributed by atoms with Crippen LogP contribution < -0.4 is 5.32 Å². The molecule has 1 N–H and O–H groups in total. The fourth-order valence-corrected chi connectivity index (χ4v) is 2.61. The van der Waals surface area contributed by atoms with Gasteiger partial charge >= 0.3 is 6.18 Å². The van der Waals surface area contributed by atoms with E-state index in [4.69, 9.17) is 0 Å². The molecule has 0 aliphatic rings. The van der Waals surface area contributed by atoms with Gasteiger partial charge in [0.2, 0.25) is 0 Å². The number of benzene rings is 2. The number of pyridine rings is 1. The van der Waals surface area contributed by atoms with Crippen molar-refractivity contribution in [1.29, 1.82) is 0 Å². The lowest BCUT2D eigenvalue weighted by Crippen LogP contribution is -2.13. The van der Waals surface area contributed by atoms with Crippen LogP contribution in [0.4, 0.5) is 27.8 Å². The molecule has 0 saturated heterocycles. The first-order valence-electron chi connectivity index (χ1n) is 8.31. The standard InChI is InChI=1S/C21H15F5N2/c22-17-7-3-14(4-8-17)12-16(15-5-9-18(23)10-6-15)13-28-20-19(21(24,25)26)2-1-11-27-20/h1-12H,13H2,(H,27,28)/b16-12-. The molecule has 2 aromatic carbocycles. The third-order valence-corrected chi connectivity index (χ3v) is 3.99. The van der Waals surface area contributed by atoms with E-state index in [0.29, 0.717) is 16.7 Å². The summed E-state index contributed by atoms with van der Waals surface area (Å²) < 4.78 is 65.8. The summed E-state index contributed by atoms with van der Waals surface area (Å²) in [5, 5.41) is 2.70. The van der Waals surface area contributed by atoms with E-state index in [9.17, 15) is 22.0 Å². The van der Waals surface area contributed by atoms with Gasteiger partial charge in [-0.1, -0.05) is 24.3 Å². The lowest BCUT2D eigenvalue weighted by atomic mass is 10.0. The minimum atomic E-state index is -4.55. The van der Waals surface area contributed by atoms with E-state index in [1.165, 1.54) is 48.7 Å². The van der Waals surface area contributed by atoms with Crippen molar-refractivity contribution in [2.45, 2.75) is 6.18 Å². The largest absolute Gasteiger partial charge is 0.419 e. The Hall–Kier alpha value is -3.22. The lowest BCUT2D eigenvalue weighted by Gasteiger charge is -2.15. The Bertz CT molecular complexity index is 961. The molecule has 0 atom stereocenters. The van der Waals surface area contributed by atoms with Crippen LogP contribution >= 0.6 is 0 Å². The molecule has 0 aliphatic carbocycles. The van der Waals surface area contributed by atoms with Crippen LogP contribution in [0, 0.1) is 11.6 Å². The first kappa shape index (κ1) is 19.5. The molecule has 3 rings (SSSR count). The fraction of sp³-hybridized carbons (Fsp3) is 0.0952. The highest BCUT2D eigenvalue weighted by Crippen LogP contribution is 2.33. The average molecular weight is 390 g/mol. The molecule has 0 saturated carbocycles. The average Bonchev–Trinajstić information content (AvgIpc) is 2.67. The van der Waals surface area contributed by atoms with Crippen molar-refractivity contribution in [3.05, 3.63) is 95.2 Å². The molecule has 2 nitrogen and oxygen atoms in total. The second-order valence-corrected chi connectivity index (χ2v) is 5.98. The summed E-state index contributed by atoms with van der Waals surface area (Å²) in [6.07, 6.45) is -1.60. The van der Waals surface area contributed by atoms with Gasteiger partial charge in [0.05, 0.1) is 5.56 Å². The highest BCUT2D eigenvalue weighted by molar-refractivity contribution is 5.83. The summed E-state index contributed by atoms with van der Waals surface area (Å²) in [6, 6.07) is 13.4. The Morgan fingerprint density at radius 1 is 0.893 bits per heavy atom. The van der Waals surface area contributed by atoms with Crippen molar-refractivity contribution in [3.63, 3.8) is 0 Å². The summed E-state index contributed by atoms with van der Waals surface area (Å²) in [6.45, 7) is 0.00308. The van der Waals surface area contributed by atoms with E-state index in [2.05, 4.69) is 10.3 Å². The molecule has 0 spiro atoms. The van der Waals surface area contributed by atoms with Crippen molar-refractivity contribution < 1.29 is 22.0 Å². The molecule has 0 fully saturated rings. The summed E-state index contributed by atoms with van der Waals surface area (Å²) >= 11 is 0. The van der Waals surface area contributed by atoms with Crippen LogP contribution in [-0.4, -0.2) is 11.5 Å². The van der Waals surface area contributed by atoms with Crippen LogP contribution in [0.2, 0.25) is 0 Å². The van der Waals surface area contributed by atoms with Gasteiger partial charge < -0.3 is 5.32 Å². The predicted molar refractivity (Wildman–Crippen MR) is 98.4 cm³/mol. The number of anilines is 1. The van der Waals surface area contributed by atoms with Gasteiger partial charge in [-0.2, -0.15) is 13.2 Å². The molecule has 0 amide bonds. The van der Waals surface area contributed by atoms with Crippen molar-refractivity contribution >= 4 is 17.5 Å². The van der Waals surface area contributed by atoms with Crippen LogP contribution in [0.3, 0.4) is 0 Å². The SMILES string of the molecule is Fc1ccc(/C=C(/CNc2ncccc2C(F)(F)F)c2ccc(F)cc2)cc1. The zero-order chi connectivity index (χ0) is 20.1. The summed E-state index contributed by atoms with van der Waals surface area (Å²) in [7, 11) is 0. The second-order valence-electron chi connectivity index (χ2n) is 5.98. The van der Waals surface area contributed by atoms with Crippen molar-refractivity contribution in [2.75, 3.05) is 11.9 Å². The van der Waals surface area contributed by atoms with Gasteiger partial charge in [0.25, 0.3) is 0 Å². The number of hydrogen-bond acceptors (Lipinski definition) is 2. The summed E-state index contributed by atoms with van der Waals surface area (Å²) in [5.74, 6) is -1.13. The highest BCUT2D eigenvalue weighted by atomic mass is 19.4. The lowest BCUT2D eigenvalue weighted by molar-refractivity contribution is -0.137. The van der Waals surface area contributed by atoms with Gasteiger partial charge in [0, 0.05) is 12.7 Å². The van der Waals surface area contributed by atoms with E-state index in [-0.39, 0.29) is 12.4 Å². The molecule has 1 aromatic heterocycles. The second kappa shape index (κ2) is 8.21. The van der Waals surface area contributed by atoms with E-state index >= 15 is 0 Å². The zero-order valence-corrected chi connectivity index (χ0v) is 14.5. The van der Waals surface area contributed by atoms with Crippen LogP contribution in [0.1, 0.15) is 16.7 Å². The maximum Gasteiger partial charge on any atom is 0.419 e. The first-order valence-corrected chi connectivity index (χ1v) is 8.31. The molecule has 0 unspecified atom stereocenters. The molecule has 3 aromatic rings. The third-order valence-electron chi connectivity index (χ3n) is 3.99. The Kier molecular flexibility index (Phi) is 5.73. The molecule has 28 heavy (non-hydrogen) atoms. The molecular weight excluding hydrogens is 375 g/mol. The fourth-order valence-electron chi connectivity index (χ4n) is 2.61. The number of nitrogens with one attached hydrogen (secondary N) is 1. The van der Waals surface area contributed by atoms with Crippen molar-refractivity contribution in [1.82, 2.24) is 4.98 Å². The van der Waals surface area contributed by atoms with E-state index < -0.39 is 23.4 Å². The van der Waals surface area contributed by atoms with Crippen LogP contribution in [-0.2, 0) is 6.18 Å². The van der Waals surface area contributed by atoms with E-state index in [1.807, 2.05) is 0 Å². The van der Waals surface area contributed by atoms with Crippen molar-refractivity contribution in [3.8, 4) is 0 Å². The molecule has 0 aliphatic heterocycles. The monoisotopic (exact) mass is 390 g/mol. The van der Waals surface area contributed by atoms with E-state index in [1.54, 1.807) is 18.2 Å². The number of aromatic nitrogens is 1. The van der Waals surface area contributed by atoms with Crippen LogP contribution in [0.15, 0.2) is 66.9 Å². The number of nitrogens with zero attached hydrogens (tertiary/aromatic N) is 1. The van der Waals surface area contributed by atoms with Gasteiger partial charge in [0.1, 0.15) is 17.5 Å². The zero-order valence-electron chi connectivity index (χ0n) is 14.5. The third kappa shape index (κ3) is 4.94. The topological polar surface area (TPSA) is 24.9 Å². The van der Waals surface area contributed by atoms with Gasteiger partial charge in [-0.15, -0.1) is 0 Å². The number of halogens is 5. The first-order chi connectivity index (χ1) is 13.3. The normalized spacial score (nSPS) is 12.1. The van der Waals surface area contributed by atoms with E-state index in [0.717, 1.165) is 6.07 Å². The predicted octanol–water partition coefficient (Wildman–Crippen LogP) is 6.03. The Labute approximate surface area is 158 Å². The smallest absolute Gasteiger partial charge is 0.365 e. The number of rotatable bonds is 5. The number of hydrogen-bond donors (Lipinski definition) is 1. The van der Waals surface area contributed by atoms with Gasteiger partial charge in [-0.25, -0.2) is 13.8 Å². The molecule has 0 bridgehead atoms. The molecule has 144 valence electrons. The highest BCUT2D eigenvalue weighted by Gasteiger charge is 2.34. The molecule has 7 heteroatoms. The maximum atomic E-state index is 13.2.